The summed E-state index contributed by atoms with van der Waals surface area (Å²) in [5.41, 5.74) is 0.613. The van der Waals surface area contributed by atoms with Crippen molar-refractivity contribution in [3.8, 4) is 11.6 Å². The van der Waals surface area contributed by atoms with E-state index in [0.29, 0.717) is 43.1 Å². The standard InChI is InChI=1S/C11H16N6O2/c1-2-18-4-3-10-13-11(19-15-10)9-7-17(16-14-9)8-5-12-6-8/h7-8,12H,2-6H2,1H3. The van der Waals surface area contributed by atoms with Gasteiger partial charge >= 0.3 is 0 Å². The lowest BCUT2D eigenvalue weighted by Crippen LogP contribution is -2.43. The topological polar surface area (TPSA) is 90.9 Å². The fourth-order valence-corrected chi connectivity index (χ4v) is 1.78. The van der Waals surface area contributed by atoms with Gasteiger partial charge in [-0.1, -0.05) is 10.4 Å². The number of rotatable bonds is 6. The van der Waals surface area contributed by atoms with Crippen molar-refractivity contribution in [3.05, 3.63) is 12.0 Å². The molecule has 0 amide bonds. The lowest BCUT2D eigenvalue weighted by atomic mass is 10.2. The molecule has 19 heavy (non-hydrogen) atoms. The van der Waals surface area contributed by atoms with E-state index in [2.05, 4.69) is 25.8 Å². The molecule has 0 saturated carbocycles. The van der Waals surface area contributed by atoms with Gasteiger partial charge in [0.2, 0.25) is 0 Å². The van der Waals surface area contributed by atoms with Gasteiger partial charge in [0.05, 0.1) is 18.8 Å². The summed E-state index contributed by atoms with van der Waals surface area (Å²) in [7, 11) is 0. The Morgan fingerprint density at radius 1 is 1.53 bits per heavy atom. The molecule has 1 aliphatic heterocycles. The molecule has 3 heterocycles. The summed E-state index contributed by atoms with van der Waals surface area (Å²) < 4.78 is 12.3. The van der Waals surface area contributed by atoms with Crippen LogP contribution in [-0.2, 0) is 11.2 Å². The molecule has 0 aliphatic carbocycles. The van der Waals surface area contributed by atoms with Crippen molar-refractivity contribution in [2.45, 2.75) is 19.4 Å². The highest BCUT2D eigenvalue weighted by Crippen LogP contribution is 2.17. The lowest BCUT2D eigenvalue weighted by Gasteiger charge is -2.26. The monoisotopic (exact) mass is 264 g/mol. The van der Waals surface area contributed by atoms with E-state index in [1.807, 2.05) is 17.8 Å². The largest absolute Gasteiger partial charge is 0.381 e. The SMILES string of the molecule is CCOCCc1noc(-c2cn(C3CNC3)nn2)n1. The number of hydrogen-bond donors (Lipinski definition) is 1. The third-order valence-electron chi connectivity index (χ3n) is 3.01. The van der Waals surface area contributed by atoms with Gasteiger partial charge in [-0.15, -0.1) is 5.10 Å². The summed E-state index contributed by atoms with van der Waals surface area (Å²) in [4.78, 5) is 4.28. The molecule has 1 saturated heterocycles. The van der Waals surface area contributed by atoms with E-state index >= 15 is 0 Å². The molecule has 1 aliphatic rings. The number of aromatic nitrogens is 5. The van der Waals surface area contributed by atoms with Crippen LogP contribution in [0.5, 0.6) is 0 Å². The highest BCUT2D eigenvalue weighted by Gasteiger charge is 2.21. The number of nitrogens with one attached hydrogen (secondary N) is 1. The lowest BCUT2D eigenvalue weighted by molar-refractivity contribution is 0.149. The molecule has 3 rings (SSSR count). The Kier molecular flexibility index (Phi) is 3.51. The Morgan fingerprint density at radius 2 is 2.42 bits per heavy atom. The molecule has 0 spiro atoms. The molecule has 1 fully saturated rings. The second-order valence-electron chi connectivity index (χ2n) is 4.36. The van der Waals surface area contributed by atoms with Gasteiger partial charge < -0.3 is 14.6 Å². The number of ether oxygens (including phenoxy) is 1. The second-order valence-corrected chi connectivity index (χ2v) is 4.36. The molecule has 0 unspecified atom stereocenters. The second kappa shape index (κ2) is 5.45. The van der Waals surface area contributed by atoms with Crippen LogP contribution in [0.3, 0.4) is 0 Å². The minimum atomic E-state index is 0.376. The first-order chi connectivity index (χ1) is 9.36. The summed E-state index contributed by atoms with van der Waals surface area (Å²) in [5.74, 6) is 1.04. The van der Waals surface area contributed by atoms with Crippen LogP contribution in [0, 0.1) is 0 Å². The van der Waals surface area contributed by atoms with Crippen molar-refractivity contribution in [2.75, 3.05) is 26.3 Å². The summed E-state index contributed by atoms with van der Waals surface area (Å²) in [6, 6.07) is 0.376. The van der Waals surface area contributed by atoms with Crippen LogP contribution in [0.4, 0.5) is 0 Å². The molecule has 8 nitrogen and oxygen atoms in total. The van der Waals surface area contributed by atoms with Crippen molar-refractivity contribution in [1.29, 1.82) is 0 Å². The number of hydrogen-bond acceptors (Lipinski definition) is 7. The molecule has 2 aromatic heterocycles. The first kappa shape index (κ1) is 12.2. The highest BCUT2D eigenvalue weighted by molar-refractivity contribution is 5.43. The molecule has 0 atom stereocenters. The normalized spacial score (nSPS) is 15.6. The van der Waals surface area contributed by atoms with Gasteiger partial charge in [0.15, 0.2) is 11.5 Å². The summed E-state index contributed by atoms with van der Waals surface area (Å²) in [6.45, 7) is 5.08. The van der Waals surface area contributed by atoms with E-state index in [-0.39, 0.29) is 0 Å². The predicted octanol–water partition coefficient (Wildman–Crippen LogP) is 0.0514. The average Bonchev–Trinajstić information content (AvgIpc) is 2.96. The Balaban J connectivity index is 1.66. The smallest absolute Gasteiger partial charge is 0.280 e. The zero-order chi connectivity index (χ0) is 13.1. The molecule has 8 heteroatoms. The van der Waals surface area contributed by atoms with Gasteiger partial charge in [-0.2, -0.15) is 4.98 Å². The molecular weight excluding hydrogens is 248 g/mol. The Hall–Kier alpha value is -1.80. The van der Waals surface area contributed by atoms with Gasteiger partial charge in [0.25, 0.3) is 5.89 Å². The van der Waals surface area contributed by atoms with Gasteiger partial charge in [-0.25, -0.2) is 4.68 Å². The Bertz CT molecular complexity index is 533. The van der Waals surface area contributed by atoms with E-state index < -0.39 is 0 Å². The minimum Gasteiger partial charge on any atom is -0.381 e. The molecular formula is C11H16N6O2. The van der Waals surface area contributed by atoms with Gasteiger partial charge in [-0.05, 0) is 6.92 Å². The van der Waals surface area contributed by atoms with Crippen molar-refractivity contribution in [3.63, 3.8) is 0 Å². The van der Waals surface area contributed by atoms with Crippen LogP contribution < -0.4 is 5.32 Å². The maximum atomic E-state index is 5.25. The van der Waals surface area contributed by atoms with E-state index in [9.17, 15) is 0 Å². The molecule has 0 bridgehead atoms. The number of nitrogens with zero attached hydrogens (tertiary/aromatic N) is 5. The van der Waals surface area contributed by atoms with Crippen LogP contribution in [0.15, 0.2) is 10.7 Å². The van der Waals surface area contributed by atoms with Crippen LogP contribution in [-0.4, -0.2) is 51.4 Å². The molecule has 102 valence electrons. The third kappa shape index (κ3) is 2.64. The van der Waals surface area contributed by atoms with Crippen LogP contribution >= 0.6 is 0 Å². The van der Waals surface area contributed by atoms with Gasteiger partial charge in [0.1, 0.15) is 0 Å². The van der Waals surface area contributed by atoms with Crippen LogP contribution in [0.2, 0.25) is 0 Å². The Labute approximate surface area is 110 Å². The van der Waals surface area contributed by atoms with Crippen molar-refractivity contribution in [1.82, 2.24) is 30.5 Å². The first-order valence-electron chi connectivity index (χ1n) is 6.40. The highest BCUT2D eigenvalue weighted by atomic mass is 16.5. The minimum absolute atomic E-state index is 0.376. The van der Waals surface area contributed by atoms with E-state index in [4.69, 9.17) is 9.26 Å². The summed E-state index contributed by atoms with van der Waals surface area (Å²) >= 11 is 0. The quantitative estimate of drug-likeness (QED) is 0.737. The fourth-order valence-electron chi connectivity index (χ4n) is 1.78. The zero-order valence-corrected chi connectivity index (χ0v) is 10.7. The molecule has 0 aromatic carbocycles. The average molecular weight is 264 g/mol. The van der Waals surface area contributed by atoms with Gasteiger partial charge in [0, 0.05) is 26.1 Å². The maximum Gasteiger partial charge on any atom is 0.280 e. The Morgan fingerprint density at radius 3 is 3.16 bits per heavy atom. The van der Waals surface area contributed by atoms with Crippen LogP contribution in [0.1, 0.15) is 18.8 Å². The predicted molar refractivity (Wildman–Crippen MR) is 65.4 cm³/mol. The fraction of sp³-hybridized carbons (Fsp3) is 0.636. The van der Waals surface area contributed by atoms with E-state index in [0.717, 1.165) is 13.1 Å². The third-order valence-corrected chi connectivity index (χ3v) is 3.01. The van der Waals surface area contributed by atoms with Crippen molar-refractivity contribution in [2.24, 2.45) is 0 Å². The maximum absolute atomic E-state index is 5.25. The molecule has 1 N–H and O–H groups in total. The van der Waals surface area contributed by atoms with Gasteiger partial charge in [-0.3, -0.25) is 0 Å². The zero-order valence-electron chi connectivity index (χ0n) is 10.7. The summed E-state index contributed by atoms with van der Waals surface area (Å²) in [6.07, 6.45) is 2.48. The summed E-state index contributed by atoms with van der Waals surface area (Å²) in [5, 5.41) is 15.2. The van der Waals surface area contributed by atoms with E-state index in [1.54, 1.807) is 0 Å². The first-order valence-corrected chi connectivity index (χ1v) is 6.40. The van der Waals surface area contributed by atoms with Crippen LogP contribution in [0.25, 0.3) is 11.6 Å². The van der Waals surface area contributed by atoms with E-state index in [1.165, 1.54) is 0 Å². The van der Waals surface area contributed by atoms with Crippen molar-refractivity contribution < 1.29 is 9.26 Å². The van der Waals surface area contributed by atoms with Crippen molar-refractivity contribution >= 4 is 0 Å². The molecule has 2 aromatic rings. The molecule has 0 radical (unpaired) electrons.